The summed E-state index contributed by atoms with van der Waals surface area (Å²) in [5.74, 6) is 1.59. The average molecular weight is 186 g/mol. The van der Waals surface area contributed by atoms with Gasteiger partial charge in [-0.3, -0.25) is 4.79 Å². The van der Waals surface area contributed by atoms with Crippen molar-refractivity contribution >= 4 is 5.97 Å². The molecule has 0 saturated heterocycles. The van der Waals surface area contributed by atoms with Crippen LogP contribution in [0.15, 0.2) is 0 Å². The molecule has 4 heteroatoms. The van der Waals surface area contributed by atoms with Gasteiger partial charge in [-0.15, -0.1) is 12.3 Å². The summed E-state index contributed by atoms with van der Waals surface area (Å²) in [6.07, 6.45) is 5.62. The molecule has 13 heavy (non-hydrogen) atoms. The van der Waals surface area contributed by atoms with E-state index in [-0.39, 0.29) is 13.0 Å². The molecule has 0 spiro atoms. The first kappa shape index (κ1) is 11.9. The van der Waals surface area contributed by atoms with Gasteiger partial charge < -0.3 is 14.6 Å². The van der Waals surface area contributed by atoms with Gasteiger partial charge in [-0.25, -0.2) is 0 Å². The molecule has 0 aromatic rings. The molecule has 0 aromatic carbocycles. The number of carboxylic acid groups (broad SMARTS) is 1. The Labute approximate surface area is 77.8 Å². The summed E-state index contributed by atoms with van der Waals surface area (Å²) in [6.45, 7) is 1.63. The lowest BCUT2D eigenvalue weighted by Crippen LogP contribution is -2.08. The fraction of sp³-hybridized carbons (Fsp3) is 0.667. The van der Waals surface area contributed by atoms with Gasteiger partial charge >= 0.3 is 5.97 Å². The van der Waals surface area contributed by atoms with Crippen molar-refractivity contribution in [3.63, 3.8) is 0 Å². The van der Waals surface area contributed by atoms with Gasteiger partial charge in [0.15, 0.2) is 0 Å². The van der Waals surface area contributed by atoms with E-state index in [9.17, 15) is 4.79 Å². The average Bonchev–Trinajstić information content (AvgIpc) is 2.09. The smallest absolute Gasteiger partial charge is 0.305 e. The van der Waals surface area contributed by atoms with E-state index in [1.165, 1.54) is 0 Å². The molecule has 74 valence electrons. The van der Waals surface area contributed by atoms with Crippen molar-refractivity contribution in [1.29, 1.82) is 0 Å². The molecule has 1 N–H and O–H groups in total. The summed E-state index contributed by atoms with van der Waals surface area (Å²) in [5, 5.41) is 8.25. The molecule has 0 radical (unpaired) electrons. The number of hydrogen-bond acceptors (Lipinski definition) is 3. The summed E-state index contributed by atoms with van der Waals surface area (Å²) >= 11 is 0. The first-order valence-electron chi connectivity index (χ1n) is 4.08. The Morgan fingerprint density at radius 3 is 2.38 bits per heavy atom. The van der Waals surface area contributed by atoms with Crippen LogP contribution in [0, 0.1) is 12.3 Å². The van der Waals surface area contributed by atoms with Crippen LogP contribution in [0.5, 0.6) is 0 Å². The van der Waals surface area contributed by atoms with Crippen molar-refractivity contribution in [3.05, 3.63) is 0 Å². The summed E-state index contributed by atoms with van der Waals surface area (Å²) in [5.41, 5.74) is 0. The van der Waals surface area contributed by atoms with Crippen LogP contribution < -0.4 is 0 Å². The Kier molecular flexibility index (Phi) is 8.31. The number of carboxylic acids is 1. The van der Waals surface area contributed by atoms with Crippen molar-refractivity contribution in [2.45, 2.75) is 12.8 Å². The van der Waals surface area contributed by atoms with Crippen LogP contribution in [0.2, 0.25) is 0 Å². The highest BCUT2D eigenvalue weighted by Crippen LogP contribution is 1.84. The summed E-state index contributed by atoms with van der Waals surface area (Å²) < 4.78 is 10.0. The second kappa shape index (κ2) is 9.04. The lowest BCUT2D eigenvalue weighted by molar-refractivity contribution is -0.138. The van der Waals surface area contributed by atoms with E-state index < -0.39 is 5.97 Å². The van der Waals surface area contributed by atoms with Crippen molar-refractivity contribution in [2.75, 3.05) is 26.4 Å². The Hall–Kier alpha value is -1.05. The van der Waals surface area contributed by atoms with Crippen molar-refractivity contribution in [2.24, 2.45) is 0 Å². The number of terminal acetylenes is 1. The SMILES string of the molecule is C#CCCOCCOCCC(=O)O. The number of carbonyl (C=O) groups is 1. The number of hydrogen-bond donors (Lipinski definition) is 1. The van der Waals surface area contributed by atoms with Crippen LogP contribution >= 0.6 is 0 Å². The predicted octanol–water partition coefficient (Wildman–Crippen LogP) is 0.518. The zero-order valence-electron chi connectivity index (χ0n) is 7.49. The molecule has 0 amide bonds. The van der Waals surface area contributed by atoms with Gasteiger partial charge in [0, 0.05) is 6.42 Å². The number of rotatable bonds is 8. The Balaban J connectivity index is 2.92. The molecule has 0 aliphatic heterocycles. The molecule has 0 fully saturated rings. The maximum absolute atomic E-state index is 10.0. The minimum absolute atomic E-state index is 0.0321. The van der Waals surface area contributed by atoms with Gasteiger partial charge in [0.05, 0.1) is 32.8 Å². The lowest BCUT2D eigenvalue weighted by atomic mass is 10.5. The van der Waals surface area contributed by atoms with Crippen LogP contribution in [0.25, 0.3) is 0 Å². The third-order valence-electron chi connectivity index (χ3n) is 1.22. The van der Waals surface area contributed by atoms with E-state index in [1.54, 1.807) is 0 Å². The Morgan fingerprint density at radius 1 is 1.23 bits per heavy atom. The van der Waals surface area contributed by atoms with Gasteiger partial charge in [-0.2, -0.15) is 0 Å². The molecule has 0 aliphatic rings. The molecule has 4 nitrogen and oxygen atoms in total. The Bertz CT molecular complexity index is 171. The van der Waals surface area contributed by atoms with Crippen molar-refractivity contribution < 1.29 is 19.4 Å². The van der Waals surface area contributed by atoms with Gasteiger partial charge in [0.25, 0.3) is 0 Å². The fourth-order valence-corrected chi connectivity index (χ4v) is 0.613. The molecule has 0 aliphatic carbocycles. The molecule has 0 rings (SSSR count). The molecule has 0 heterocycles. The van der Waals surface area contributed by atoms with E-state index in [1.807, 2.05) is 0 Å². The second-order valence-electron chi connectivity index (χ2n) is 2.32. The number of ether oxygens (including phenoxy) is 2. The van der Waals surface area contributed by atoms with E-state index in [0.29, 0.717) is 26.2 Å². The molecular weight excluding hydrogens is 172 g/mol. The zero-order chi connectivity index (χ0) is 9.94. The number of aliphatic carboxylic acids is 1. The predicted molar refractivity (Wildman–Crippen MR) is 47.3 cm³/mol. The zero-order valence-corrected chi connectivity index (χ0v) is 7.49. The van der Waals surface area contributed by atoms with Crippen molar-refractivity contribution in [1.82, 2.24) is 0 Å². The van der Waals surface area contributed by atoms with Gasteiger partial charge in [0.2, 0.25) is 0 Å². The topological polar surface area (TPSA) is 55.8 Å². The summed E-state index contributed by atoms with van der Waals surface area (Å²) in [6, 6.07) is 0. The molecule has 0 saturated carbocycles. The van der Waals surface area contributed by atoms with Crippen LogP contribution in [0.4, 0.5) is 0 Å². The molecular formula is C9H14O4. The maximum atomic E-state index is 10.0. The first-order valence-corrected chi connectivity index (χ1v) is 4.08. The van der Waals surface area contributed by atoms with Gasteiger partial charge in [-0.05, 0) is 0 Å². The van der Waals surface area contributed by atoms with Crippen LogP contribution in [-0.2, 0) is 14.3 Å². The van der Waals surface area contributed by atoms with E-state index in [2.05, 4.69) is 5.92 Å². The van der Waals surface area contributed by atoms with Crippen molar-refractivity contribution in [3.8, 4) is 12.3 Å². The molecule has 0 atom stereocenters. The highest BCUT2D eigenvalue weighted by molar-refractivity contribution is 5.66. The minimum Gasteiger partial charge on any atom is -0.481 e. The third kappa shape index (κ3) is 10.9. The Morgan fingerprint density at radius 2 is 1.85 bits per heavy atom. The van der Waals surface area contributed by atoms with E-state index in [4.69, 9.17) is 21.0 Å². The monoisotopic (exact) mass is 186 g/mol. The summed E-state index contributed by atoms with van der Waals surface area (Å²) in [4.78, 5) is 10.0. The molecule has 0 aromatic heterocycles. The van der Waals surface area contributed by atoms with Crippen LogP contribution in [-0.4, -0.2) is 37.5 Å². The minimum atomic E-state index is -0.853. The van der Waals surface area contributed by atoms with Crippen LogP contribution in [0.3, 0.4) is 0 Å². The lowest BCUT2D eigenvalue weighted by Gasteiger charge is -2.02. The largest absolute Gasteiger partial charge is 0.481 e. The first-order chi connectivity index (χ1) is 6.27. The quantitative estimate of drug-likeness (QED) is 0.443. The molecule has 0 unspecified atom stereocenters. The van der Waals surface area contributed by atoms with Crippen LogP contribution in [0.1, 0.15) is 12.8 Å². The standard InChI is InChI=1S/C9H14O4/c1-2-3-5-12-7-8-13-6-4-9(10)11/h1H,3-8H2,(H,10,11). The summed E-state index contributed by atoms with van der Waals surface area (Å²) in [7, 11) is 0. The second-order valence-corrected chi connectivity index (χ2v) is 2.32. The highest BCUT2D eigenvalue weighted by Gasteiger charge is 1.95. The molecule has 0 bridgehead atoms. The maximum Gasteiger partial charge on any atom is 0.305 e. The highest BCUT2D eigenvalue weighted by atomic mass is 16.5. The van der Waals surface area contributed by atoms with Gasteiger partial charge in [-0.1, -0.05) is 0 Å². The normalized spacial score (nSPS) is 9.46. The van der Waals surface area contributed by atoms with E-state index >= 15 is 0 Å². The van der Waals surface area contributed by atoms with E-state index in [0.717, 1.165) is 0 Å². The van der Waals surface area contributed by atoms with Gasteiger partial charge in [0.1, 0.15) is 0 Å². The fourth-order valence-electron chi connectivity index (χ4n) is 0.613. The third-order valence-corrected chi connectivity index (χ3v) is 1.22.